The van der Waals surface area contributed by atoms with E-state index in [1.54, 1.807) is 25.1 Å². The van der Waals surface area contributed by atoms with Crippen LogP contribution in [-0.4, -0.2) is 20.1 Å². The van der Waals surface area contributed by atoms with E-state index in [2.05, 4.69) is 4.72 Å². The van der Waals surface area contributed by atoms with Gasteiger partial charge in [-0.15, -0.1) is 0 Å². The second kappa shape index (κ2) is 6.10. The van der Waals surface area contributed by atoms with Crippen molar-refractivity contribution < 1.29 is 22.8 Å². The van der Waals surface area contributed by atoms with Crippen LogP contribution in [-0.2, 0) is 10.0 Å². The summed E-state index contributed by atoms with van der Waals surface area (Å²) in [6.45, 7) is 1.84. The molecule has 0 aromatic heterocycles. The normalized spacial score (nSPS) is 14.4. The van der Waals surface area contributed by atoms with Gasteiger partial charge in [-0.3, -0.25) is 10.1 Å². The topological polar surface area (TPSA) is 108 Å². The molecule has 1 heterocycles. The summed E-state index contributed by atoms with van der Waals surface area (Å²) in [5.41, 5.74) is 0.544. The molecule has 1 aliphatic rings. The van der Waals surface area contributed by atoms with E-state index in [0.717, 1.165) is 12.1 Å². The maximum absolute atomic E-state index is 12.4. The molecule has 1 N–H and O–H groups in total. The minimum atomic E-state index is -3.81. The van der Waals surface area contributed by atoms with Crippen molar-refractivity contribution in [2.45, 2.75) is 17.9 Å². The van der Waals surface area contributed by atoms with Crippen molar-refractivity contribution in [2.24, 2.45) is 0 Å². The van der Waals surface area contributed by atoms with Crippen LogP contribution in [0.15, 0.2) is 47.4 Å². The van der Waals surface area contributed by atoms with Crippen LogP contribution in [0.3, 0.4) is 0 Å². The molecule has 0 radical (unpaired) electrons. The minimum absolute atomic E-state index is 0.0410. The molecule has 1 atom stereocenters. The number of nitrogens with zero attached hydrogens (tertiary/aromatic N) is 1. The third-order valence-electron chi connectivity index (χ3n) is 3.59. The Bertz CT molecular complexity index is 879. The summed E-state index contributed by atoms with van der Waals surface area (Å²) in [6, 6.07) is 9.37. The third kappa shape index (κ3) is 3.17. The number of ether oxygens (including phenoxy) is 2. The van der Waals surface area contributed by atoms with Gasteiger partial charge >= 0.3 is 0 Å². The fraction of sp³-hybridized carbons (Fsp3) is 0.200. The summed E-state index contributed by atoms with van der Waals surface area (Å²) >= 11 is 0. The molecular formula is C15H14N2O6S. The maximum atomic E-state index is 12.4. The molecule has 1 aliphatic heterocycles. The van der Waals surface area contributed by atoms with E-state index in [4.69, 9.17) is 9.47 Å². The van der Waals surface area contributed by atoms with Gasteiger partial charge in [-0.1, -0.05) is 6.07 Å². The predicted molar refractivity (Wildman–Crippen MR) is 84.4 cm³/mol. The van der Waals surface area contributed by atoms with Crippen molar-refractivity contribution in [3.8, 4) is 11.5 Å². The second-order valence-electron chi connectivity index (χ2n) is 5.21. The number of sulfonamides is 1. The van der Waals surface area contributed by atoms with Crippen LogP contribution >= 0.6 is 0 Å². The molecule has 2 aromatic rings. The highest BCUT2D eigenvalue weighted by molar-refractivity contribution is 7.89. The third-order valence-corrected chi connectivity index (χ3v) is 5.14. The van der Waals surface area contributed by atoms with Gasteiger partial charge in [-0.2, -0.15) is 0 Å². The standard InChI is InChI=1S/C15H14N2O6S/c1-10(11-2-7-14-15(8-11)23-9-22-14)16-24(20,21)13-5-3-12(4-6-13)17(18)19/h2-8,10,16H,9H2,1H3. The van der Waals surface area contributed by atoms with E-state index in [1.165, 1.54) is 12.1 Å². The molecule has 0 saturated heterocycles. The van der Waals surface area contributed by atoms with Crippen LogP contribution in [0.25, 0.3) is 0 Å². The molecule has 0 amide bonds. The Labute approximate surface area is 138 Å². The van der Waals surface area contributed by atoms with E-state index in [9.17, 15) is 18.5 Å². The summed E-state index contributed by atoms with van der Waals surface area (Å²) in [6.07, 6.45) is 0. The Morgan fingerprint density at radius 2 is 1.79 bits per heavy atom. The molecule has 3 rings (SSSR count). The second-order valence-corrected chi connectivity index (χ2v) is 6.92. The summed E-state index contributed by atoms with van der Waals surface area (Å²) < 4.78 is 37.8. The highest BCUT2D eigenvalue weighted by atomic mass is 32.2. The van der Waals surface area contributed by atoms with Gasteiger partial charge in [0.15, 0.2) is 11.5 Å². The van der Waals surface area contributed by atoms with Gasteiger partial charge in [0.1, 0.15) is 0 Å². The van der Waals surface area contributed by atoms with Crippen LogP contribution in [0, 0.1) is 10.1 Å². The van der Waals surface area contributed by atoms with Gasteiger partial charge in [-0.25, -0.2) is 13.1 Å². The zero-order valence-corrected chi connectivity index (χ0v) is 13.4. The lowest BCUT2D eigenvalue weighted by Gasteiger charge is -2.15. The number of benzene rings is 2. The smallest absolute Gasteiger partial charge is 0.269 e. The van der Waals surface area contributed by atoms with Crippen LogP contribution in [0.1, 0.15) is 18.5 Å². The van der Waals surface area contributed by atoms with Gasteiger partial charge in [0.05, 0.1) is 9.82 Å². The Kier molecular flexibility index (Phi) is 4.12. The first kappa shape index (κ1) is 16.2. The Morgan fingerprint density at radius 3 is 2.46 bits per heavy atom. The predicted octanol–water partition coefficient (Wildman–Crippen LogP) is 2.36. The Hall–Kier alpha value is -2.65. The van der Waals surface area contributed by atoms with Gasteiger partial charge < -0.3 is 9.47 Å². The highest BCUT2D eigenvalue weighted by Gasteiger charge is 2.21. The quantitative estimate of drug-likeness (QED) is 0.655. The number of fused-ring (bicyclic) bond motifs is 1. The lowest BCUT2D eigenvalue weighted by atomic mass is 10.1. The maximum Gasteiger partial charge on any atom is 0.269 e. The molecule has 126 valence electrons. The van der Waals surface area contributed by atoms with Crippen molar-refractivity contribution in [1.82, 2.24) is 4.72 Å². The van der Waals surface area contributed by atoms with Gasteiger partial charge in [0, 0.05) is 18.2 Å². The number of non-ortho nitro benzene ring substituents is 1. The largest absolute Gasteiger partial charge is 0.454 e. The van der Waals surface area contributed by atoms with E-state index >= 15 is 0 Å². The first-order valence-electron chi connectivity index (χ1n) is 7.03. The lowest BCUT2D eigenvalue weighted by Crippen LogP contribution is -2.26. The van der Waals surface area contributed by atoms with Gasteiger partial charge in [0.2, 0.25) is 16.8 Å². The van der Waals surface area contributed by atoms with Crippen LogP contribution < -0.4 is 14.2 Å². The minimum Gasteiger partial charge on any atom is -0.454 e. The zero-order chi connectivity index (χ0) is 17.3. The highest BCUT2D eigenvalue weighted by Crippen LogP contribution is 2.34. The average Bonchev–Trinajstić information content (AvgIpc) is 3.02. The van der Waals surface area contributed by atoms with Crippen molar-refractivity contribution in [2.75, 3.05) is 6.79 Å². The molecule has 24 heavy (non-hydrogen) atoms. The van der Waals surface area contributed by atoms with E-state index in [0.29, 0.717) is 17.1 Å². The van der Waals surface area contributed by atoms with Crippen molar-refractivity contribution >= 4 is 15.7 Å². The molecule has 9 heteroatoms. The van der Waals surface area contributed by atoms with Crippen LogP contribution in [0.5, 0.6) is 11.5 Å². The fourth-order valence-corrected chi connectivity index (χ4v) is 3.53. The van der Waals surface area contributed by atoms with Gasteiger partial charge in [0.25, 0.3) is 5.69 Å². The molecule has 2 aromatic carbocycles. The molecule has 1 unspecified atom stereocenters. The number of rotatable bonds is 5. The first-order chi connectivity index (χ1) is 11.4. The first-order valence-corrected chi connectivity index (χ1v) is 8.51. The summed E-state index contributed by atoms with van der Waals surface area (Å²) in [7, 11) is -3.81. The molecule has 0 spiro atoms. The molecule has 8 nitrogen and oxygen atoms in total. The van der Waals surface area contributed by atoms with E-state index in [-0.39, 0.29) is 17.4 Å². The van der Waals surface area contributed by atoms with Crippen molar-refractivity contribution in [3.63, 3.8) is 0 Å². The SMILES string of the molecule is CC(NS(=O)(=O)c1ccc([N+](=O)[O-])cc1)c1ccc2c(c1)OCO2. The summed E-state index contributed by atoms with van der Waals surface area (Å²) in [5, 5.41) is 10.6. The van der Waals surface area contributed by atoms with Crippen molar-refractivity contribution in [1.29, 1.82) is 0 Å². The monoisotopic (exact) mass is 350 g/mol. The molecule has 0 aliphatic carbocycles. The van der Waals surface area contributed by atoms with E-state index in [1.807, 2.05) is 0 Å². The number of hydrogen-bond acceptors (Lipinski definition) is 6. The Balaban J connectivity index is 1.79. The lowest BCUT2D eigenvalue weighted by molar-refractivity contribution is -0.384. The molecule has 0 saturated carbocycles. The van der Waals surface area contributed by atoms with Gasteiger partial charge in [-0.05, 0) is 36.8 Å². The molecule has 0 fully saturated rings. The molecule has 0 bridgehead atoms. The zero-order valence-electron chi connectivity index (χ0n) is 12.6. The van der Waals surface area contributed by atoms with Crippen molar-refractivity contribution in [3.05, 3.63) is 58.1 Å². The van der Waals surface area contributed by atoms with Crippen LogP contribution in [0.2, 0.25) is 0 Å². The fourth-order valence-electron chi connectivity index (χ4n) is 2.30. The molecular weight excluding hydrogens is 336 g/mol. The Morgan fingerprint density at radius 1 is 1.12 bits per heavy atom. The van der Waals surface area contributed by atoms with Crippen LogP contribution in [0.4, 0.5) is 5.69 Å². The number of nitrogens with one attached hydrogen (secondary N) is 1. The average molecular weight is 350 g/mol. The van der Waals surface area contributed by atoms with E-state index < -0.39 is 21.0 Å². The number of hydrogen-bond donors (Lipinski definition) is 1. The number of nitro benzene ring substituents is 1. The number of nitro groups is 1. The summed E-state index contributed by atoms with van der Waals surface area (Å²) in [4.78, 5) is 10.0. The summed E-state index contributed by atoms with van der Waals surface area (Å²) in [5.74, 6) is 1.18.